The number of carboxylic acids is 1. The predicted molar refractivity (Wildman–Crippen MR) is 73.4 cm³/mol. The third-order valence-electron chi connectivity index (χ3n) is 3.72. The van der Waals surface area contributed by atoms with E-state index >= 15 is 0 Å². The second-order valence-corrected chi connectivity index (χ2v) is 5.22. The maximum atomic E-state index is 11.0. The Bertz CT molecular complexity index is 459. The van der Waals surface area contributed by atoms with Gasteiger partial charge in [-0.3, -0.25) is 9.69 Å². The molecule has 2 rings (SSSR count). The van der Waals surface area contributed by atoms with Crippen molar-refractivity contribution in [2.24, 2.45) is 5.92 Å². The van der Waals surface area contributed by atoms with Crippen molar-refractivity contribution in [3.05, 3.63) is 29.3 Å². The van der Waals surface area contributed by atoms with Crippen LogP contribution in [0.25, 0.3) is 0 Å². The average molecular weight is 263 g/mol. The molecule has 0 amide bonds. The number of nitrogens with zero attached hydrogens (tertiary/aromatic N) is 1. The number of methoxy groups -OCH3 is 1. The number of carboxylic acid groups (broad SMARTS) is 1. The number of aryl methyl sites for hydroxylation is 1. The molecule has 104 valence electrons. The summed E-state index contributed by atoms with van der Waals surface area (Å²) >= 11 is 0. The number of piperidine rings is 1. The van der Waals surface area contributed by atoms with Crippen molar-refractivity contribution in [1.29, 1.82) is 0 Å². The molecule has 1 saturated heterocycles. The highest BCUT2D eigenvalue weighted by Gasteiger charge is 2.25. The molecule has 0 radical (unpaired) electrons. The summed E-state index contributed by atoms with van der Waals surface area (Å²) in [5, 5.41) is 9.09. The van der Waals surface area contributed by atoms with Crippen molar-refractivity contribution in [1.82, 2.24) is 4.90 Å². The Morgan fingerprint density at radius 3 is 2.95 bits per heavy atom. The van der Waals surface area contributed by atoms with Crippen LogP contribution in [0.5, 0.6) is 5.75 Å². The third kappa shape index (κ3) is 3.47. The lowest BCUT2D eigenvalue weighted by molar-refractivity contribution is -0.143. The lowest BCUT2D eigenvalue weighted by Crippen LogP contribution is -2.38. The number of likely N-dealkylation sites (tertiary alicyclic amines) is 1. The van der Waals surface area contributed by atoms with Gasteiger partial charge in [-0.15, -0.1) is 0 Å². The molecule has 1 atom stereocenters. The van der Waals surface area contributed by atoms with E-state index < -0.39 is 5.97 Å². The standard InChI is InChI=1S/C15H21NO3/c1-11-8-12(5-6-14(11)19-2)9-16-7-3-4-13(10-16)15(17)18/h5-6,8,13H,3-4,7,9-10H2,1-2H3,(H,17,18)/t13-/m0/s1. The topological polar surface area (TPSA) is 49.8 Å². The molecule has 4 heteroatoms. The van der Waals surface area contributed by atoms with E-state index in [0.717, 1.165) is 37.2 Å². The van der Waals surface area contributed by atoms with Gasteiger partial charge in [0.05, 0.1) is 13.0 Å². The van der Waals surface area contributed by atoms with E-state index in [9.17, 15) is 4.79 Å². The lowest BCUT2D eigenvalue weighted by atomic mass is 9.97. The SMILES string of the molecule is COc1ccc(CN2CCC[C@H](C(=O)O)C2)cc1C. The highest BCUT2D eigenvalue weighted by Crippen LogP contribution is 2.22. The van der Waals surface area contributed by atoms with Crippen molar-refractivity contribution in [3.8, 4) is 5.75 Å². The van der Waals surface area contributed by atoms with E-state index in [0.29, 0.717) is 6.54 Å². The Morgan fingerprint density at radius 2 is 2.32 bits per heavy atom. The summed E-state index contributed by atoms with van der Waals surface area (Å²) in [6.07, 6.45) is 1.76. The minimum absolute atomic E-state index is 0.215. The molecular formula is C15H21NO3. The Balaban J connectivity index is 2.00. The normalized spacial score (nSPS) is 20.2. The first-order chi connectivity index (χ1) is 9.10. The molecular weight excluding hydrogens is 242 g/mol. The number of carbonyl (C=O) groups is 1. The fourth-order valence-electron chi connectivity index (χ4n) is 2.70. The van der Waals surface area contributed by atoms with E-state index in [-0.39, 0.29) is 5.92 Å². The fraction of sp³-hybridized carbons (Fsp3) is 0.533. The number of hydrogen-bond acceptors (Lipinski definition) is 3. The zero-order valence-electron chi connectivity index (χ0n) is 11.6. The van der Waals surface area contributed by atoms with Crippen LogP contribution in [0.4, 0.5) is 0 Å². The summed E-state index contributed by atoms with van der Waals surface area (Å²) < 4.78 is 5.25. The van der Waals surface area contributed by atoms with Crippen LogP contribution in [0.3, 0.4) is 0 Å². The molecule has 0 unspecified atom stereocenters. The summed E-state index contributed by atoms with van der Waals surface area (Å²) in [5.74, 6) is 0.00881. The van der Waals surface area contributed by atoms with E-state index in [1.165, 1.54) is 5.56 Å². The average Bonchev–Trinajstić information content (AvgIpc) is 2.39. The molecule has 0 spiro atoms. The van der Waals surface area contributed by atoms with Crippen molar-refractivity contribution in [2.75, 3.05) is 20.2 Å². The van der Waals surface area contributed by atoms with Crippen molar-refractivity contribution < 1.29 is 14.6 Å². The molecule has 1 aliphatic rings. The minimum atomic E-state index is -0.671. The molecule has 0 aliphatic carbocycles. The molecule has 1 fully saturated rings. The molecule has 1 aromatic carbocycles. The van der Waals surface area contributed by atoms with Gasteiger partial charge in [0.15, 0.2) is 0 Å². The number of hydrogen-bond donors (Lipinski definition) is 1. The van der Waals surface area contributed by atoms with Crippen molar-refractivity contribution in [2.45, 2.75) is 26.3 Å². The van der Waals surface area contributed by atoms with Crippen LogP contribution in [0, 0.1) is 12.8 Å². The van der Waals surface area contributed by atoms with Gasteiger partial charge in [0, 0.05) is 13.1 Å². The van der Waals surface area contributed by atoms with Gasteiger partial charge in [-0.25, -0.2) is 0 Å². The number of ether oxygens (including phenoxy) is 1. The molecule has 1 aliphatic heterocycles. The predicted octanol–water partition coefficient (Wildman–Crippen LogP) is 2.30. The highest BCUT2D eigenvalue weighted by atomic mass is 16.5. The summed E-state index contributed by atoms with van der Waals surface area (Å²) in [6, 6.07) is 6.14. The molecule has 0 aromatic heterocycles. The summed E-state index contributed by atoms with van der Waals surface area (Å²) in [4.78, 5) is 13.3. The molecule has 1 N–H and O–H groups in total. The number of rotatable bonds is 4. The van der Waals surface area contributed by atoms with Crippen LogP contribution in [-0.2, 0) is 11.3 Å². The van der Waals surface area contributed by atoms with Crippen molar-refractivity contribution >= 4 is 5.97 Å². The first kappa shape index (κ1) is 13.9. The summed E-state index contributed by atoms with van der Waals surface area (Å²) in [7, 11) is 1.67. The fourth-order valence-corrected chi connectivity index (χ4v) is 2.70. The van der Waals surface area contributed by atoms with Crippen molar-refractivity contribution in [3.63, 3.8) is 0 Å². The van der Waals surface area contributed by atoms with Gasteiger partial charge >= 0.3 is 5.97 Å². The Morgan fingerprint density at radius 1 is 1.53 bits per heavy atom. The van der Waals surface area contributed by atoms with E-state index in [1.54, 1.807) is 7.11 Å². The second-order valence-electron chi connectivity index (χ2n) is 5.22. The maximum Gasteiger partial charge on any atom is 0.307 e. The Labute approximate surface area is 114 Å². The monoisotopic (exact) mass is 263 g/mol. The van der Waals surface area contributed by atoms with Gasteiger partial charge in [0.1, 0.15) is 5.75 Å². The lowest BCUT2D eigenvalue weighted by Gasteiger charge is -2.30. The van der Waals surface area contributed by atoms with Crippen LogP contribution in [0.15, 0.2) is 18.2 Å². The van der Waals surface area contributed by atoms with E-state index in [2.05, 4.69) is 17.0 Å². The quantitative estimate of drug-likeness (QED) is 0.905. The first-order valence-corrected chi connectivity index (χ1v) is 6.69. The zero-order chi connectivity index (χ0) is 13.8. The first-order valence-electron chi connectivity index (χ1n) is 6.69. The van der Waals surface area contributed by atoms with E-state index in [4.69, 9.17) is 9.84 Å². The van der Waals surface area contributed by atoms with Gasteiger partial charge < -0.3 is 9.84 Å². The van der Waals surface area contributed by atoms with E-state index in [1.807, 2.05) is 13.0 Å². The second kappa shape index (κ2) is 6.06. The van der Waals surface area contributed by atoms with Gasteiger partial charge in [0.2, 0.25) is 0 Å². The minimum Gasteiger partial charge on any atom is -0.496 e. The molecule has 19 heavy (non-hydrogen) atoms. The summed E-state index contributed by atoms with van der Waals surface area (Å²) in [6.45, 7) is 4.47. The zero-order valence-corrected chi connectivity index (χ0v) is 11.6. The van der Waals surface area contributed by atoms with Gasteiger partial charge in [-0.05, 0) is 43.5 Å². The van der Waals surface area contributed by atoms with Crippen LogP contribution in [-0.4, -0.2) is 36.2 Å². The Hall–Kier alpha value is -1.55. The number of benzene rings is 1. The Kier molecular flexibility index (Phi) is 4.43. The van der Waals surface area contributed by atoms with Crippen LogP contribution < -0.4 is 4.74 Å². The van der Waals surface area contributed by atoms with Gasteiger partial charge in [-0.1, -0.05) is 12.1 Å². The van der Waals surface area contributed by atoms with Crippen LogP contribution in [0.2, 0.25) is 0 Å². The smallest absolute Gasteiger partial charge is 0.307 e. The largest absolute Gasteiger partial charge is 0.496 e. The molecule has 1 aromatic rings. The van der Waals surface area contributed by atoms with Gasteiger partial charge in [-0.2, -0.15) is 0 Å². The molecule has 4 nitrogen and oxygen atoms in total. The highest BCUT2D eigenvalue weighted by molar-refractivity contribution is 5.70. The van der Waals surface area contributed by atoms with Crippen LogP contribution in [0.1, 0.15) is 24.0 Å². The molecule has 1 heterocycles. The third-order valence-corrected chi connectivity index (χ3v) is 3.72. The van der Waals surface area contributed by atoms with Gasteiger partial charge in [0.25, 0.3) is 0 Å². The van der Waals surface area contributed by atoms with Crippen LogP contribution >= 0.6 is 0 Å². The molecule has 0 bridgehead atoms. The maximum absolute atomic E-state index is 11.0. The molecule has 0 saturated carbocycles. The number of aliphatic carboxylic acids is 1. The summed E-state index contributed by atoms with van der Waals surface area (Å²) in [5.41, 5.74) is 2.33.